The SMILES string of the molecule is CC(NCc1cccc(-c2cncnc2)c1)c1ccc2[nH]c(=O)oc2c1. The van der Waals surface area contributed by atoms with Crippen molar-refractivity contribution in [3.05, 3.63) is 82.9 Å². The van der Waals surface area contributed by atoms with Crippen LogP contribution in [-0.4, -0.2) is 15.0 Å². The molecule has 6 nitrogen and oxygen atoms in total. The molecule has 2 N–H and O–H groups in total. The quantitative estimate of drug-likeness (QED) is 0.578. The second kappa shape index (κ2) is 6.93. The van der Waals surface area contributed by atoms with Crippen LogP contribution >= 0.6 is 0 Å². The maximum atomic E-state index is 11.3. The Balaban J connectivity index is 1.48. The van der Waals surface area contributed by atoms with Gasteiger partial charge in [-0.1, -0.05) is 24.3 Å². The number of rotatable bonds is 5. The van der Waals surface area contributed by atoms with E-state index in [2.05, 4.69) is 39.3 Å². The summed E-state index contributed by atoms with van der Waals surface area (Å²) in [5, 5.41) is 3.50. The van der Waals surface area contributed by atoms with Crippen LogP contribution in [0.15, 0.2) is 70.4 Å². The van der Waals surface area contributed by atoms with Gasteiger partial charge in [-0.15, -0.1) is 0 Å². The molecule has 0 spiro atoms. The summed E-state index contributed by atoms with van der Waals surface area (Å²) in [5.41, 5.74) is 5.61. The van der Waals surface area contributed by atoms with E-state index in [-0.39, 0.29) is 6.04 Å². The summed E-state index contributed by atoms with van der Waals surface area (Å²) in [5.74, 6) is -0.431. The van der Waals surface area contributed by atoms with Gasteiger partial charge in [-0.2, -0.15) is 0 Å². The molecule has 0 saturated carbocycles. The highest BCUT2D eigenvalue weighted by atomic mass is 16.4. The second-order valence-electron chi connectivity index (χ2n) is 6.20. The van der Waals surface area contributed by atoms with Gasteiger partial charge >= 0.3 is 5.76 Å². The molecule has 0 saturated heterocycles. The highest BCUT2D eigenvalue weighted by Crippen LogP contribution is 2.21. The van der Waals surface area contributed by atoms with E-state index < -0.39 is 5.76 Å². The van der Waals surface area contributed by atoms with Crippen molar-refractivity contribution in [2.75, 3.05) is 0 Å². The van der Waals surface area contributed by atoms with Gasteiger partial charge in [0.15, 0.2) is 5.58 Å². The Bertz CT molecular complexity index is 1090. The zero-order chi connectivity index (χ0) is 17.9. The van der Waals surface area contributed by atoms with Crippen molar-refractivity contribution in [1.82, 2.24) is 20.3 Å². The topological polar surface area (TPSA) is 83.8 Å². The van der Waals surface area contributed by atoms with Crippen LogP contribution in [0.4, 0.5) is 0 Å². The van der Waals surface area contributed by atoms with Gasteiger partial charge in [0.1, 0.15) is 6.33 Å². The highest BCUT2D eigenvalue weighted by Gasteiger charge is 2.09. The summed E-state index contributed by atoms with van der Waals surface area (Å²) in [6.45, 7) is 2.80. The lowest BCUT2D eigenvalue weighted by Crippen LogP contribution is -2.18. The number of H-pyrrole nitrogens is 1. The standard InChI is InChI=1S/C20H18N4O2/c1-13(15-5-6-18-19(8-15)26-20(25)24-18)23-9-14-3-2-4-16(7-14)17-10-21-12-22-11-17/h2-8,10-13,23H,9H2,1H3,(H,24,25). The van der Waals surface area contributed by atoms with Gasteiger partial charge in [-0.25, -0.2) is 14.8 Å². The first kappa shape index (κ1) is 16.2. The fourth-order valence-electron chi connectivity index (χ4n) is 2.93. The number of oxazole rings is 1. The minimum atomic E-state index is -0.431. The molecule has 0 fully saturated rings. The van der Waals surface area contributed by atoms with Crippen LogP contribution < -0.4 is 11.1 Å². The number of benzene rings is 2. The van der Waals surface area contributed by atoms with E-state index in [0.717, 1.165) is 23.2 Å². The molecule has 4 rings (SSSR count). The number of nitrogens with one attached hydrogen (secondary N) is 2. The molecular formula is C20H18N4O2. The summed E-state index contributed by atoms with van der Waals surface area (Å²) >= 11 is 0. The molecule has 6 heteroatoms. The minimum absolute atomic E-state index is 0.114. The molecule has 26 heavy (non-hydrogen) atoms. The summed E-state index contributed by atoms with van der Waals surface area (Å²) in [6, 6.07) is 14.2. The highest BCUT2D eigenvalue weighted by molar-refractivity contribution is 5.72. The number of hydrogen-bond donors (Lipinski definition) is 2. The Kier molecular flexibility index (Phi) is 4.33. The fourth-order valence-corrected chi connectivity index (χ4v) is 2.93. The fraction of sp³-hybridized carbons (Fsp3) is 0.150. The number of aromatic nitrogens is 3. The predicted octanol–water partition coefficient (Wildman–Crippen LogP) is 3.43. The average molecular weight is 346 g/mol. The van der Waals surface area contributed by atoms with Crippen LogP contribution in [0.5, 0.6) is 0 Å². The first-order chi connectivity index (χ1) is 12.7. The number of nitrogens with zero attached hydrogens (tertiary/aromatic N) is 2. The molecule has 1 unspecified atom stereocenters. The Morgan fingerprint density at radius 1 is 1.12 bits per heavy atom. The Labute approximate surface area is 149 Å². The van der Waals surface area contributed by atoms with Crippen molar-refractivity contribution in [3.63, 3.8) is 0 Å². The lowest BCUT2D eigenvalue weighted by molar-refractivity contribution is 0.550. The molecule has 2 aromatic carbocycles. The summed E-state index contributed by atoms with van der Waals surface area (Å²) < 4.78 is 5.14. The molecular weight excluding hydrogens is 328 g/mol. The van der Waals surface area contributed by atoms with E-state index >= 15 is 0 Å². The van der Waals surface area contributed by atoms with Gasteiger partial charge in [-0.05, 0) is 41.8 Å². The van der Waals surface area contributed by atoms with Crippen LogP contribution in [-0.2, 0) is 6.54 Å². The number of aromatic amines is 1. The number of hydrogen-bond acceptors (Lipinski definition) is 5. The van der Waals surface area contributed by atoms with Crippen molar-refractivity contribution in [3.8, 4) is 11.1 Å². The largest absolute Gasteiger partial charge is 0.417 e. The second-order valence-corrected chi connectivity index (χ2v) is 6.20. The van der Waals surface area contributed by atoms with E-state index in [1.807, 2.05) is 42.7 Å². The van der Waals surface area contributed by atoms with Crippen LogP contribution in [0.25, 0.3) is 22.2 Å². The van der Waals surface area contributed by atoms with E-state index in [1.54, 1.807) is 0 Å². The first-order valence-corrected chi connectivity index (χ1v) is 8.39. The Morgan fingerprint density at radius 2 is 1.96 bits per heavy atom. The van der Waals surface area contributed by atoms with Crippen LogP contribution in [0, 0.1) is 0 Å². The molecule has 0 aliphatic carbocycles. The third-order valence-corrected chi connectivity index (χ3v) is 4.38. The van der Waals surface area contributed by atoms with Crippen molar-refractivity contribution >= 4 is 11.1 Å². The average Bonchev–Trinajstić information content (AvgIpc) is 3.06. The Hall–Kier alpha value is -3.25. The summed E-state index contributed by atoms with van der Waals surface area (Å²) in [4.78, 5) is 22.1. The van der Waals surface area contributed by atoms with E-state index in [0.29, 0.717) is 11.1 Å². The monoisotopic (exact) mass is 346 g/mol. The molecule has 0 radical (unpaired) electrons. The molecule has 0 aliphatic heterocycles. The van der Waals surface area contributed by atoms with Gasteiger partial charge in [0.2, 0.25) is 0 Å². The van der Waals surface area contributed by atoms with Crippen molar-refractivity contribution in [2.45, 2.75) is 19.5 Å². The Morgan fingerprint density at radius 3 is 2.81 bits per heavy atom. The maximum Gasteiger partial charge on any atom is 0.417 e. The van der Waals surface area contributed by atoms with Gasteiger partial charge in [0.25, 0.3) is 0 Å². The number of fused-ring (bicyclic) bond motifs is 1. The van der Waals surface area contributed by atoms with Crippen LogP contribution in [0.3, 0.4) is 0 Å². The zero-order valence-electron chi connectivity index (χ0n) is 14.3. The molecule has 2 aromatic heterocycles. The van der Waals surface area contributed by atoms with Crippen molar-refractivity contribution < 1.29 is 4.42 Å². The molecule has 0 aliphatic rings. The molecule has 130 valence electrons. The lowest BCUT2D eigenvalue weighted by Gasteiger charge is -2.14. The van der Waals surface area contributed by atoms with E-state index in [9.17, 15) is 4.79 Å². The molecule has 4 aromatic rings. The normalized spacial score (nSPS) is 12.3. The summed E-state index contributed by atoms with van der Waals surface area (Å²) in [7, 11) is 0. The third kappa shape index (κ3) is 3.41. The van der Waals surface area contributed by atoms with E-state index in [4.69, 9.17) is 4.42 Å². The zero-order valence-corrected chi connectivity index (χ0v) is 14.3. The molecule has 2 heterocycles. The van der Waals surface area contributed by atoms with Gasteiger partial charge in [0.05, 0.1) is 5.52 Å². The van der Waals surface area contributed by atoms with Gasteiger partial charge < -0.3 is 9.73 Å². The predicted molar refractivity (Wildman–Crippen MR) is 99.6 cm³/mol. The van der Waals surface area contributed by atoms with Gasteiger partial charge in [0, 0.05) is 30.5 Å². The van der Waals surface area contributed by atoms with E-state index in [1.165, 1.54) is 11.9 Å². The molecule has 1 atom stereocenters. The minimum Gasteiger partial charge on any atom is -0.408 e. The maximum absolute atomic E-state index is 11.3. The van der Waals surface area contributed by atoms with Crippen LogP contribution in [0.1, 0.15) is 24.1 Å². The third-order valence-electron chi connectivity index (χ3n) is 4.38. The first-order valence-electron chi connectivity index (χ1n) is 8.39. The molecule has 0 bridgehead atoms. The van der Waals surface area contributed by atoms with Crippen molar-refractivity contribution in [2.24, 2.45) is 0 Å². The van der Waals surface area contributed by atoms with Crippen LogP contribution in [0.2, 0.25) is 0 Å². The van der Waals surface area contributed by atoms with Crippen molar-refractivity contribution in [1.29, 1.82) is 0 Å². The lowest BCUT2D eigenvalue weighted by atomic mass is 10.0. The smallest absolute Gasteiger partial charge is 0.408 e. The summed E-state index contributed by atoms with van der Waals surface area (Å²) in [6.07, 6.45) is 5.14. The van der Waals surface area contributed by atoms with Gasteiger partial charge in [-0.3, -0.25) is 4.98 Å². The molecule has 0 amide bonds.